The second-order valence-corrected chi connectivity index (χ2v) is 11.0. The highest BCUT2D eigenvalue weighted by Crippen LogP contribution is 2.26. The Hall–Kier alpha value is -0.930. The summed E-state index contributed by atoms with van der Waals surface area (Å²) in [5, 5.41) is 9.80. The number of rotatable bonds is 25. The van der Waals surface area contributed by atoms with Gasteiger partial charge < -0.3 is 14.6 Å². The van der Waals surface area contributed by atoms with E-state index in [1.807, 2.05) is 6.07 Å². The Morgan fingerprint density at radius 2 is 1.17 bits per heavy atom. The van der Waals surface area contributed by atoms with E-state index in [-0.39, 0.29) is 12.5 Å². The SMILES string of the molecule is CCCCCCCCCCCCCCCc1cc(OCC(O)CCl)cc(OCC(CC)CCCC)c1. The number of hydrogen-bond acceptors (Lipinski definition) is 3. The van der Waals surface area contributed by atoms with Gasteiger partial charge in [0.15, 0.2) is 0 Å². The van der Waals surface area contributed by atoms with Gasteiger partial charge in [0, 0.05) is 6.07 Å². The highest BCUT2D eigenvalue weighted by Gasteiger charge is 2.10. The van der Waals surface area contributed by atoms with Crippen LogP contribution in [0.2, 0.25) is 0 Å². The van der Waals surface area contributed by atoms with Crippen LogP contribution in [0.25, 0.3) is 0 Å². The third-order valence-electron chi connectivity index (χ3n) is 7.16. The first-order chi connectivity index (χ1) is 17.6. The molecule has 1 aromatic rings. The van der Waals surface area contributed by atoms with Crippen molar-refractivity contribution in [3.63, 3.8) is 0 Å². The molecular weight excluding hydrogens is 468 g/mol. The van der Waals surface area contributed by atoms with E-state index < -0.39 is 6.10 Å². The van der Waals surface area contributed by atoms with Crippen molar-refractivity contribution in [3.05, 3.63) is 23.8 Å². The molecule has 0 aliphatic rings. The van der Waals surface area contributed by atoms with Gasteiger partial charge in [0.05, 0.1) is 12.5 Å². The van der Waals surface area contributed by atoms with Gasteiger partial charge in [-0.3, -0.25) is 0 Å². The Kier molecular flexibility index (Phi) is 21.3. The summed E-state index contributed by atoms with van der Waals surface area (Å²) in [5.41, 5.74) is 1.26. The molecular formula is C32H57ClO3. The highest BCUT2D eigenvalue weighted by atomic mass is 35.5. The lowest BCUT2D eigenvalue weighted by molar-refractivity contribution is 0.125. The van der Waals surface area contributed by atoms with Gasteiger partial charge in [-0.2, -0.15) is 0 Å². The van der Waals surface area contributed by atoms with Crippen LogP contribution in [0.1, 0.15) is 135 Å². The molecule has 36 heavy (non-hydrogen) atoms. The zero-order chi connectivity index (χ0) is 26.3. The van der Waals surface area contributed by atoms with Crippen molar-refractivity contribution in [3.8, 4) is 11.5 Å². The minimum Gasteiger partial charge on any atom is -0.493 e. The molecule has 0 saturated heterocycles. The Morgan fingerprint density at radius 1 is 0.667 bits per heavy atom. The van der Waals surface area contributed by atoms with E-state index in [1.165, 1.54) is 108 Å². The van der Waals surface area contributed by atoms with Crippen LogP contribution in [-0.2, 0) is 6.42 Å². The number of aliphatic hydroxyl groups is 1. The van der Waals surface area contributed by atoms with Gasteiger partial charge in [-0.15, -0.1) is 11.6 Å². The summed E-state index contributed by atoms with van der Waals surface area (Å²) in [6.45, 7) is 7.73. The van der Waals surface area contributed by atoms with Crippen molar-refractivity contribution < 1.29 is 14.6 Å². The van der Waals surface area contributed by atoms with E-state index in [0.29, 0.717) is 5.92 Å². The number of halogens is 1. The predicted octanol–water partition coefficient (Wildman–Crippen LogP) is 9.89. The maximum atomic E-state index is 9.80. The summed E-state index contributed by atoms with van der Waals surface area (Å²) in [6.07, 6.45) is 23.0. The third-order valence-corrected chi connectivity index (χ3v) is 7.51. The van der Waals surface area contributed by atoms with Gasteiger partial charge in [0.25, 0.3) is 0 Å². The summed E-state index contributed by atoms with van der Waals surface area (Å²) in [6, 6.07) is 6.24. The lowest BCUT2D eigenvalue weighted by Gasteiger charge is -2.17. The van der Waals surface area contributed by atoms with E-state index in [1.54, 1.807) is 0 Å². The number of aryl methyl sites for hydroxylation is 1. The lowest BCUT2D eigenvalue weighted by Crippen LogP contribution is -2.19. The lowest BCUT2D eigenvalue weighted by atomic mass is 10.0. The minimum absolute atomic E-state index is 0.178. The molecule has 1 aromatic carbocycles. The van der Waals surface area contributed by atoms with Crippen molar-refractivity contribution in [2.75, 3.05) is 19.1 Å². The monoisotopic (exact) mass is 524 g/mol. The van der Waals surface area contributed by atoms with E-state index >= 15 is 0 Å². The molecule has 0 heterocycles. The van der Waals surface area contributed by atoms with Crippen molar-refractivity contribution in [2.24, 2.45) is 5.92 Å². The zero-order valence-corrected chi connectivity index (χ0v) is 24.6. The van der Waals surface area contributed by atoms with Crippen LogP contribution in [0.3, 0.4) is 0 Å². The average Bonchev–Trinajstić information content (AvgIpc) is 2.90. The molecule has 1 rings (SSSR count). The van der Waals surface area contributed by atoms with E-state index in [4.69, 9.17) is 21.1 Å². The molecule has 0 aromatic heterocycles. The maximum Gasteiger partial charge on any atom is 0.123 e. The first kappa shape index (κ1) is 33.1. The molecule has 2 atom stereocenters. The molecule has 0 radical (unpaired) electrons. The van der Waals surface area contributed by atoms with E-state index in [0.717, 1.165) is 30.9 Å². The van der Waals surface area contributed by atoms with E-state index in [9.17, 15) is 5.11 Å². The highest BCUT2D eigenvalue weighted by molar-refractivity contribution is 6.18. The molecule has 210 valence electrons. The first-order valence-electron chi connectivity index (χ1n) is 15.3. The first-order valence-corrected chi connectivity index (χ1v) is 15.8. The molecule has 0 saturated carbocycles. The minimum atomic E-state index is -0.653. The Bertz CT molecular complexity index is 621. The Labute approximate surface area is 228 Å². The van der Waals surface area contributed by atoms with Crippen LogP contribution in [0, 0.1) is 5.92 Å². The van der Waals surface area contributed by atoms with Gasteiger partial charge in [0.2, 0.25) is 0 Å². The summed E-state index contributed by atoms with van der Waals surface area (Å²) >= 11 is 5.74. The molecule has 2 unspecified atom stereocenters. The van der Waals surface area contributed by atoms with Gasteiger partial charge in [-0.1, -0.05) is 117 Å². The van der Waals surface area contributed by atoms with Gasteiger partial charge in [-0.05, 0) is 42.9 Å². The molecule has 0 bridgehead atoms. The van der Waals surface area contributed by atoms with Crippen molar-refractivity contribution >= 4 is 11.6 Å². The molecule has 0 fully saturated rings. The maximum absolute atomic E-state index is 9.80. The molecule has 0 aliphatic heterocycles. The van der Waals surface area contributed by atoms with Crippen molar-refractivity contribution in [1.82, 2.24) is 0 Å². The third kappa shape index (κ3) is 17.5. The number of aliphatic hydroxyl groups excluding tert-OH is 1. The summed E-state index contributed by atoms with van der Waals surface area (Å²) in [4.78, 5) is 0. The van der Waals surface area contributed by atoms with Crippen LogP contribution >= 0.6 is 11.6 Å². The molecule has 3 nitrogen and oxygen atoms in total. The van der Waals surface area contributed by atoms with Crippen LogP contribution in [-0.4, -0.2) is 30.3 Å². The molecule has 0 spiro atoms. The molecule has 0 aliphatic carbocycles. The second-order valence-electron chi connectivity index (χ2n) is 10.7. The number of alkyl halides is 1. The standard InChI is InChI=1S/C32H57ClO3/c1-4-7-9-10-11-12-13-14-15-16-17-18-19-21-29-22-31(35-26-28(6-3)20-8-5-2)24-32(23-29)36-27-30(34)25-33/h22-24,28,30,34H,4-21,25-27H2,1-3H3. The van der Waals surface area contributed by atoms with Gasteiger partial charge in [-0.25, -0.2) is 0 Å². The number of benzene rings is 1. The molecule has 1 N–H and O–H groups in total. The largest absolute Gasteiger partial charge is 0.493 e. The summed E-state index contributed by atoms with van der Waals surface area (Å²) in [7, 11) is 0. The number of ether oxygens (including phenoxy) is 2. The predicted molar refractivity (Wildman–Crippen MR) is 157 cm³/mol. The normalized spacial score (nSPS) is 13.0. The topological polar surface area (TPSA) is 38.7 Å². The summed E-state index contributed by atoms with van der Waals surface area (Å²) < 4.78 is 12.1. The Balaban J connectivity index is 2.39. The number of unbranched alkanes of at least 4 members (excludes halogenated alkanes) is 13. The zero-order valence-electron chi connectivity index (χ0n) is 23.9. The Morgan fingerprint density at radius 3 is 1.67 bits per heavy atom. The van der Waals surface area contributed by atoms with Crippen molar-refractivity contribution in [2.45, 2.75) is 142 Å². The summed E-state index contributed by atoms with van der Waals surface area (Å²) in [5.74, 6) is 2.42. The van der Waals surface area contributed by atoms with Crippen LogP contribution in [0.15, 0.2) is 18.2 Å². The average molecular weight is 525 g/mol. The van der Waals surface area contributed by atoms with E-state index in [2.05, 4.69) is 32.9 Å². The quantitative estimate of drug-likeness (QED) is 0.102. The number of hydrogen-bond donors (Lipinski definition) is 1. The van der Waals surface area contributed by atoms with Crippen LogP contribution in [0.4, 0.5) is 0 Å². The fraction of sp³-hybridized carbons (Fsp3) is 0.812. The van der Waals surface area contributed by atoms with Gasteiger partial charge >= 0.3 is 0 Å². The van der Waals surface area contributed by atoms with Crippen LogP contribution in [0.5, 0.6) is 11.5 Å². The van der Waals surface area contributed by atoms with Gasteiger partial charge in [0.1, 0.15) is 24.2 Å². The fourth-order valence-corrected chi connectivity index (χ4v) is 4.73. The van der Waals surface area contributed by atoms with Crippen molar-refractivity contribution in [1.29, 1.82) is 0 Å². The van der Waals surface area contributed by atoms with Crippen LogP contribution < -0.4 is 9.47 Å². The molecule has 4 heteroatoms. The molecule has 0 amide bonds. The fourth-order valence-electron chi connectivity index (χ4n) is 4.64. The second kappa shape index (κ2) is 23.2. The smallest absolute Gasteiger partial charge is 0.123 e.